The van der Waals surface area contributed by atoms with Crippen molar-refractivity contribution in [1.82, 2.24) is 4.90 Å². The number of hydrogen-bond acceptors (Lipinski definition) is 4. The maximum atomic E-state index is 13.9. The average molecular weight is 267 g/mol. The number of likely N-dealkylation sites (N-methyl/N-ethyl adjacent to an activating group) is 1. The van der Waals surface area contributed by atoms with Crippen molar-refractivity contribution in [3.8, 4) is 0 Å². The topological polar surface area (TPSA) is 69.8 Å². The Bertz CT molecular complexity index is 505. The molecular weight excluding hydrogens is 249 g/mol. The number of anilines is 2. The number of nitrogen functional groups attached to an aromatic ring is 1. The maximum Gasteiger partial charge on any atom is 0.337 e. The van der Waals surface area contributed by atoms with Gasteiger partial charge in [-0.2, -0.15) is 0 Å². The van der Waals surface area contributed by atoms with Crippen LogP contribution < -0.4 is 10.6 Å². The Morgan fingerprint density at radius 1 is 1.53 bits per heavy atom. The summed E-state index contributed by atoms with van der Waals surface area (Å²) in [6.45, 7) is 1.40. The van der Waals surface area contributed by atoms with Gasteiger partial charge in [-0.1, -0.05) is 0 Å². The van der Waals surface area contributed by atoms with Gasteiger partial charge in [0, 0.05) is 24.8 Å². The van der Waals surface area contributed by atoms with Crippen LogP contribution in [0.15, 0.2) is 12.1 Å². The van der Waals surface area contributed by atoms with E-state index in [0.717, 1.165) is 12.5 Å². The number of benzene rings is 1. The first-order chi connectivity index (χ1) is 8.90. The molecule has 0 aliphatic carbocycles. The van der Waals surface area contributed by atoms with E-state index in [0.29, 0.717) is 24.8 Å². The molecule has 1 saturated heterocycles. The van der Waals surface area contributed by atoms with Crippen LogP contribution in [-0.2, 0) is 0 Å². The molecule has 6 heteroatoms. The molecule has 5 nitrogen and oxygen atoms in total. The Balaban J connectivity index is 2.30. The number of hydrogen-bond donors (Lipinski definition) is 2. The molecule has 104 valence electrons. The van der Waals surface area contributed by atoms with E-state index in [1.165, 1.54) is 6.07 Å². The first kappa shape index (κ1) is 13.6. The Morgan fingerprint density at radius 3 is 2.74 bits per heavy atom. The van der Waals surface area contributed by atoms with Crippen molar-refractivity contribution < 1.29 is 14.3 Å². The second kappa shape index (κ2) is 5.05. The summed E-state index contributed by atoms with van der Waals surface area (Å²) in [5.74, 6) is -1.61. The maximum absolute atomic E-state index is 13.9. The van der Waals surface area contributed by atoms with E-state index in [1.54, 1.807) is 0 Å². The van der Waals surface area contributed by atoms with E-state index >= 15 is 0 Å². The van der Waals surface area contributed by atoms with Crippen molar-refractivity contribution in [3.63, 3.8) is 0 Å². The summed E-state index contributed by atoms with van der Waals surface area (Å²) in [5.41, 5.74) is 5.74. The zero-order valence-electron chi connectivity index (χ0n) is 11.1. The summed E-state index contributed by atoms with van der Waals surface area (Å²) < 4.78 is 13.9. The molecule has 0 amide bonds. The van der Waals surface area contributed by atoms with Crippen molar-refractivity contribution in [2.45, 2.75) is 12.5 Å². The van der Waals surface area contributed by atoms with Crippen LogP contribution in [0.25, 0.3) is 0 Å². The van der Waals surface area contributed by atoms with Crippen molar-refractivity contribution in [2.75, 3.05) is 37.8 Å². The second-order valence-electron chi connectivity index (χ2n) is 5.05. The van der Waals surface area contributed by atoms with Crippen LogP contribution in [0.2, 0.25) is 0 Å². The minimum absolute atomic E-state index is 0.0443. The van der Waals surface area contributed by atoms with Crippen LogP contribution in [0.4, 0.5) is 15.8 Å². The van der Waals surface area contributed by atoms with Gasteiger partial charge in [0.15, 0.2) is 0 Å². The predicted octanol–water partition coefficient (Wildman–Crippen LogP) is 1.25. The number of rotatable bonds is 3. The summed E-state index contributed by atoms with van der Waals surface area (Å²) in [6.07, 6.45) is 0.930. The first-order valence-electron chi connectivity index (χ1n) is 6.14. The molecule has 1 aromatic rings. The minimum Gasteiger partial charge on any atom is -0.478 e. The third kappa shape index (κ3) is 2.63. The fraction of sp³-hybridized carbons (Fsp3) is 0.462. The summed E-state index contributed by atoms with van der Waals surface area (Å²) in [6, 6.07) is 2.76. The molecule has 1 atom stereocenters. The molecule has 1 aliphatic heterocycles. The normalized spacial score (nSPS) is 19.2. The molecular formula is C13H18FN3O2. The van der Waals surface area contributed by atoms with E-state index in [-0.39, 0.29) is 11.3 Å². The number of nitrogens with two attached hydrogens (primary N) is 1. The number of aromatic carboxylic acids is 1. The molecule has 1 aliphatic rings. The first-order valence-corrected chi connectivity index (χ1v) is 6.14. The second-order valence-corrected chi connectivity index (χ2v) is 5.05. The molecule has 0 radical (unpaired) electrons. The third-order valence-electron chi connectivity index (χ3n) is 3.58. The predicted molar refractivity (Wildman–Crippen MR) is 72.1 cm³/mol. The molecule has 1 unspecified atom stereocenters. The van der Waals surface area contributed by atoms with Crippen molar-refractivity contribution in [2.24, 2.45) is 0 Å². The van der Waals surface area contributed by atoms with Gasteiger partial charge in [-0.05, 0) is 32.6 Å². The minimum atomic E-state index is -1.14. The zero-order chi connectivity index (χ0) is 14.2. The lowest BCUT2D eigenvalue weighted by molar-refractivity contribution is 0.0698. The van der Waals surface area contributed by atoms with Gasteiger partial charge in [0.05, 0.1) is 11.3 Å². The molecule has 0 aromatic heterocycles. The number of carboxylic acids is 1. The summed E-state index contributed by atoms with van der Waals surface area (Å²) in [4.78, 5) is 15.0. The highest BCUT2D eigenvalue weighted by Gasteiger charge is 2.27. The fourth-order valence-electron chi connectivity index (χ4n) is 2.39. The van der Waals surface area contributed by atoms with Gasteiger partial charge in [-0.3, -0.25) is 0 Å². The van der Waals surface area contributed by atoms with Crippen molar-refractivity contribution >= 4 is 17.3 Å². The zero-order valence-corrected chi connectivity index (χ0v) is 11.1. The van der Waals surface area contributed by atoms with Crippen LogP contribution in [-0.4, -0.2) is 49.2 Å². The van der Waals surface area contributed by atoms with E-state index in [2.05, 4.69) is 4.90 Å². The molecule has 0 spiro atoms. The van der Waals surface area contributed by atoms with Crippen molar-refractivity contribution in [3.05, 3.63) is 23.5 Å². The Labute approximate surface area is 111 Å². The lowest BCUT2D eigenvalue weighted by atomic mass is 10.1. The van der Waals surface area contributed by atoms with Gasteiger partial charge in [-0.25, -0.2) is 9.18 Å². The lowest BCUT2D eigenvalue weighted by Gasteiger charge is -2.22. The molecule has 1 fully saturated rings. The molecule has 1 heterocycles. The quantitative estimate of drug-likeness (QED) is 0.807. The SMILES string of the molecule is CN(C)C1CCN(c2cc(C(=O)O)c(N)cc2F)C1. The van der Waals surface area contributed by atoms with Crippen LogP contribution in [0, 0.1) is 5.82 Å². The van der Waals surface area contributed by atoms with E-state index < -0.39 is 11.8 Å². The van der Waals surface area contributed by atoms with E-state index in [4.69, 9.17) is 10.8 Å². The van der Waals surface area contributed by atoms with Crippen LogP contribution in [0.5, 0.6) is 0 Å². The van der Waals surface area contributed by atoms with E-state index in [1.807, 2.05) is 19.0 Å². The Hall–Kier alpha value is -1.82. The fourth-order valence-corrected chi connectivity index (χ4v) is 2.39. The monoisotopic (exact) mass is 267 g/mol. The highest BCUT2D eigenvalue weighted by atomic mass is 19.1. The third-order valence-corrected chi connectivity index (χ3v) is 3.58. The van der Waals surface area contributed by atoms with Gasteiger partial charge >= 0.3 is 5.97 Å². The van der Waals surface area contributed by atoms with Gasteiger partial charge in [0.25, 0.3) is 0 Å². The summed E-state index contributed by atoms with van der Waals surface area (Å²) in [7, 11) is 3.96. The molecule has 0 bridgehead atoms. The molecule has 19 heavy (non-hydrogen) atoms. The molecule has 3 N–H and O–H groups in total. The van der Waals surface area contributed by atoms with Gasteiger partial charge in [-0.15, -0.1) is 0 Å². The number of halogens is 1. The van der Waals surface area contributed by atoms with Crippen LogP contribution in [0.3, 0.4) is 0 Å². The smallest absolute Gasteiger partial charge is 0.337 e. The highest BCUT2D eigenvalue weighted by Crippen LogP contribution is 2.29. The summed E-state index contributed by atoms with van der Waals surface area (Å²) >= 11 is 0. The Kier molecular flexibility index (Phi) is 3.61. The largest absolute Gasteiger partial charge is 0.478 e. The number of carbonyl (C=O) groups is 1. The van der Waals surface area contributed by atoms with Crippen LogP contribution >= 0.6 is 0 Å². The van der Waals surface area contributed by atoms with Crippen LogP contribution in [0.1, 0.15) is 16.8 Å². The number of carboxylic acid groups (broad SMARTS) is 1. The lowest BCUT2D eigenvalue weighted by Crippen LogP contribution is -2.31. The summed E-state index contributed by atoms with van der Waals surface area (Å²) in [5, 5.41) is 9.03. The molecule has 0 saturated carbocycles. The molecule has 1 aromatic carbocycles. The Morgan fingerprint density at radius 2 is 2.21 bits per heavy atom. The van der Waals surface area contributed by atoms with E-state index in [9.17, 15) is 9.18 Å². The number of nitrogens with zero attached hydrogens (tertiary/aromatic N) is 2. The van der Waals surface area contributed by atoms with Crippen molar-refractivity contribution in [1.29, 1.82) is 0 Å². The van der Waals surface area contributed by atoms with Gasteiger partial charge < -0.3 is 20.6 Å². The molecule has 2 rings (SSSR count). The van der Waals surface area contributed by atoms with Gasteiger partial charge in [0.2, 0.25) is 0 Å². The standard InChI is InChI=1S/C13H18FN3O2/c1-16(2)8-3-4-17(7-8)12-5-9(13(18)19)11(15)6-10(12)14/h5-6,8H,3-4,7,15H2,1-2H3,(H,18,19). The highest BCUT2D eigenvalue weighted by molar-refractivity contribution is 5.95. The van der Waals surface area contributed by atoms with Gasteiger partial charge in [0.1, 0.15) is 5.82 Å². The average Bonchev–Trinajstić information content (AvgIpc) is 2.77.